The van der Waals surface area contributed by atoms with Gasteiger partial charge < -0.3 is 10.2 Å². The molecule has 1 fully saturated rings. The Balaban J connectivity index is 1.53. The topological polar surface area (TPSA) is 65.8 Å². The summed E-state index contributed by atoms with van der Waals surface area (Å²) in [6.45, 7) is 2.09. The molecule has 0 radical (unpaired) electrons. The second kappa shape index (κ2) is 7.52. The monoisotopic (exact) mass is 338 g/mol. The summed E-state index contributed by atoms with van der Waals surface area (Å²) in [5.41, 5.74) is 0.721. The van der Waals surface area contributed by atoms with Gasteiger partial charge in [0.25, 0.3) is 6.43 Å². The number of nitrogens with zero attached hydrogens (tertiary/aromatic N) is 5. The van der Waals surface area contributed by atoms with Crippen LogP contribution in [0.15, 0.2) is 24.4 Å². The van der Waals surface area contributed by atoms with Crippen LogP contribution in [0.5, 0.6) is 0 Å². The van der Waals surface area contributed by atoms with E-state index in [0.29, 0.717) is 38.4 Å². The van der Waals surface area contributed by atoms with Gasteiger partial charge in [0.05, 0.1) is 13.1 Å². The van der Waals surface area contributed by atoms with E-state index in [1.54, 1.807) is 9.80 Å². The zero-order valence-electron chi connectivity index (χ0n) is 13.2. The van der Waals surface area contributed by atoms with Crippen molar-refractivity contribution in [3.05, 3.63) is 30.2 Å². The Bertz CT molecular complexity index is 691. The van der Waals surface area contributed by atoms with Crippen molar-refractivity contribution in [2.45, 2.75) is 19.4 Å². The SMILES string of the molecule is O=C(NCc1nnc2ccccn12)N1CCCN(CC(F)F)CC1. The average Bonchev–Trinajstić information content (AvgIpc) is 2.83. The van der Waals surface area contributed by atoms with Gasteiger partial charge in [-0.1, -0.05) is 6.07 Å². The number of nitrogens with one attached hydrogen (secondary N) is 1. The van der Waals surface area contributed by atoms with Crippen LogP contribution in [0.25, 0.3) is 5.65 Å². The fraction of sp³-hybridized carbons (Fsp3) is 0.533. The normalized spacial score (nSPS) is 16.5. The molecule has 0 unspecified atom stereocenters. The minimum absolute atomic E-state index is 0.207. The number of halogens is 2. The number of rotatable bonds is 4. The number of aromatic nitrogens is 3. The molecule has 24 heavy (non-hydrogen) atoms. The molecule has 0 spiro atoms. The summed E-state index contributed by atoms with van der Waals surface area (Å²) >= 11 is 0. The lowest BCUT2D eigenvalue weighted by Gasteiger charge is -2.22. The summed E-state index contributed by atoms with van der Waals surface area (Å²) in [6.07, 6.45) is 0.186. The van der Waals surface area contributed by atoms with E-state index in [0.717, 1.165) is 5.65 Å². The van der Waals surface area contributed by atoms with Gasteiger partial charge in [-0.05, 0) is 18.6 Å². The largest absolute Gasteiger partial charge is 0.331 e. The average molecular weight is 338 g/mol. The molecule has 0 saturated carbocycles. The highest BCUT2D eigenvalue weighted by atomic mass is 19.3. The third kappa shape index (κ3) is 3.97. The second-order valence-corrected chi connectivity index (χ2v) is 5.74. The van der Waals surface area contributed by atoms with Crippen molar-refractivity contribution in [1.82, 2.24) is 29.7 Å². The molecule has 130 valence electrons. The first-order valence-electron chi connectivity index (χ1n) is 7.95. The van der Waals surface area contributed by atoms with Crippen LogP contribution in [0.1, 0.15) is 12.2 Å². The number of urea groups is 1. The third-order valence-electron chi connectivity index (χ3n) is 4.05. The van der Waals surface area contributed by atoms with Crippen LogP contribution in [0, 0.1) is 0 Å². The Hall–Kier alpha value is -2.29. The Morgan fingerprint density at radius 2 is 2.08 bits per heavy atom. The quantitative estimate of drug-likeness (QED) is 0.910. The molecular weight excluding hydrogens is 318 g/mol. The number of carbonyl (C=O) groups is 1. The third-order valence-corrected chi connectivity index (χ3v) is 4.05. The van der Waals surface area contributed by atoms with Gasteiger partial charge >= 0.3 is 6.03 Å². The summed E-state index contributed by atoms with van der Waals surface area (Å²) in [5.74, 6) is 0.646. The molecule has 3 heterocycles. The van der Waals surface area contributed by atoms with Crippen molar-refractivity contribution in [2.75, 3.05) is 32.7 Å². The summed E-state index contributed by atoms with van der Waals surface area (Å²) in [5, 5.41) is 10.9. The van der Waals surface area contributed by atoms with Crippen LogP contribution in [-0.4, -0.2) is 69.6 Å². The fourth-order valence-electron chi connectivity index (χ4n) is 2.83. The zero-order valence-corrected chi connectivity index (χ0v) is 13.2. The number of pyridine rings is 1. The van der Waals surface area contributed by atoms with Crippen molar-refractivity contribution in [3.63, 3.8) is 0 Å². The minimum Gasteiger partial charge on any atom is -0.331 e. The van der Waals surface area contributed by atoms with Crippen LogP contribution in [0.4, 0.5) is 13.6 Å². The highest BCUT2D eigenvalue weighted by Crippen LogP contribution is 2.07. The van der Waals surface area contributed by atoms with Gasteiger partial charge in [0.15, 0.2) is 11.5 Å². The van der Waals surface area contributed by atoms with E-state index in [2.05, 4.69) is 15.5 Å². The molecule has 2 aromatic heterocycles. The highest BCUT2D eigenvalue weighted by Gasteiger charge is 2.21. The van der Waals surface area contributed by atoms with Crippen LogP contribution >= 0.6 is 0 Å². The van der Waals surface area contributed by atoms with Gasteiger partial charge in [-0.15, -0.1) is 10.2 Å². The maximum absolute atomic E-state index is 12.5. The summed E-state index contributed by atoms with van der Waals surface area (Å²) in [6, 6.07) is 5.37. The van der Waals surface area contributed by atoms with E-state index < -0.39 is 6.43 Å². The Morgan fingerprint density at radius 3 is 2.92 bits per heavy atom. The number of hydrogen-bond acceptors (Lipinski definition) is 4. The lowest BCUT2D eigenvalue weighted by Crippen LogP contribution is -2.42. The first-order chi connectivity index (χ1) is 11.6. The Morgan fingerprint density at radius 1 is 1.21 bits per heavy atom. The van der Waals surface area contributed by atoms with Crippen molar-refractivity contribution in [2.24, 2.45) is 0 Å². The maximum atomic E-state index is 12.5. The molecular formula is C15H20F2N6O. The summed E-state index contributed by atoms with van der Waals surface area (Å²) < 4.78 is 26.7. The lowest BCUT2D eigenvalue weighted by atomic mass is 10.4. The molecule has 0 atom stereocenters. The van der Waals surface area contributed by atoms with E-state index in [4.69, 9.17) is 0 Å². The van der Waals surface area contributed by atoms with Crippen molar-refractivity contribution >= 4 is 11.7 Å². The molecule has 1 N–H and O–H groups in total. The molecule has 1 aliphatic heterocycles. The molecule has 7 nitrogen and oxygen atoms in total. The standard InChI is InChI=1S/C15H20F2N6O/c16-12(17)11-21-5-3-6-22(9-8-21)15(24)18-10-14-20-19-13-4-1-2-7-23(13)14/h1-2,4,7,12H,3,5-6,8-11H2,(H,18,24). The van der Waals surface area contributed by atoms with Gasteiger partial charge in [-0.25, -0.2) is 13.6 Å². The molecule has 0 aromatic carbocycles. The van der Waals surface area contributed by atoms with Gasteiger partial charge in [0.1, 0.15) is 0 Å². The lowest BCUT2D eigenvalue weighted by molar-refractivity contribution is 0.0904. The van der Waals surface area contributed by atoms with Crippen LogP contribution in [0.2, 0.25) is 0 Å². The van der Waals surface area contributed by atoms with Crippen LogP contribution in [-0.2, 0) is 6.54 Å². The van der Waals surface area contributed by atoms with E-state index in [1.165, 1.54) is 0 Å². The zero-order chi connectivity index (χ0) is 16.9. The predicted octanol–water partition coefficient (Wildman–Crippen LogP) is 1.21. The summed E-state index contributed by atoms with van der Waals surface area (Å²) in [7, 11) is 0. The van der Waals surface area contributed by atoms with Gasteiger partial charge in [0.2, 0.25) is 0 Å². The van der Waals surface area contributed by atoms with E-state index in [1.807, 2.05) is 28.8 Å². The second-order valence-electron chi connectivity index (χ2n) is 5.74. The Kier molecular flexibility index (Phi) is 5.19. The number of carbonyl (C=O) groups excluding carboxylic acids is 1. The molecule has 3 rings (SSSR count). The van der Waals surface area contributed by atoms with E-state index >= 15 is 0 Å². The molecule has 2 aromatic rings. The first kappa shape index (κ1) is 16.6. The van der Waals surface area contributed by atoms with Gasteiger partial charge in [-0.2, -0.15) is 0 Å². The van der Waals surface area contributed by atoms with Crippen molar-refractivity contribution in [1.29, 1.82) is 0 Å². The first-order valence-corrected chi connectivity index (χ1v) is 7.95. The summed E-state index contributed by atoms with van der Waals surface area (Å²) in [4.78, 5) is 15.7. The molecule has 1 saturated heterocycles. The molecule has 0 bridgehead atoms. The van der Waals surface area contributed by atoms with E-state index in [9.17, 15) is 13.6 Å². The molecule has 1 aliphatic rings. The molecule has 9 heteroatoms. The van der Waals surface area contributed by atoms with Crippen molar-refractivity contribution < 1.29 is 13.6 Å². The molecule has 2 amide bonds. The predicted molar refractivity (Wildman–Crippen MR) is 83.9 cm³/mol. The highest BCUT2D eigenvalue weighted by molar-refractivity contribution is 5.74. The van der Waals surface area contributed by atoms with Crippen molar-refractivity contribution in [3.8, 4) is 0 Å². The number of hydrogen-bond donors (Lipinski definition) is 1. The maximum Gasteiger partial charge on any atom is 0.317 e. The van der Waals surface area contributed by atoms with Crippen LogP contribution < -0.4 is 5.32 Å². The smallest absolute Gasteiger partial charge is 0.317 e. The number of amides is 2. The number of alkyl halides is 2. The van der Waals surface area contributed by atoms with E-state index in [-0.39, 0.29) is 19.1 Å². The Labute approximate surface area is 138 Å². The van der Waals surface area contributed by atoms with Gasteiger partial charge in [-0.3, -0.25) is 9.30 Å². The van der Waals surface area contributed by atoms with Crippen LogP contribution in [0.3, 0.4) is 0 Å². The fourth-order valence-corrected chi connectivity index (χ4v) is 2.83. The minimum atomic E-state index is -2.34. The number of fused-ring (bicyclic) bond motifs is 1. The van der Waals surface area contributed by atoms with Gasteiger partial charge in [0, 0.05) is 32.4 Å². The molecule has 0 aliphatic carbocycles.